The Hall–Kier alpha value is -3.22. The molecule has 1 aliphatic heterocycles. The summed E-state index contributed by atoms with van der Waals surface area (Å²) in [7, 11) is -2.41. The van der Waals surface area contributed by atoms with Crippen molar-refractivity contribution in [1.29, 1.82) is 0 Å². The summed E-state index contributed by atoms with van der Waals surface area (Å²) < 4.78 is 57.3. The fraction of sp³-hybridized carbons (Fsp3) is 0.522. The topological polar surface area (TPSA) is 118 Å². The number of aromatic nitrogens is 4. The van der Waals surface area contributed by atoms with Crippen LogP contribution >= 0.6 is 11.3 Å². The zero-order valence-electron chi connectivity index (χ0n) is 21.0. The second kappa shape index (κ2) is 9.51. The van der Waals surface area contributed by atoms with Crippen LogP contribution in [0.4, 0.5) is 14.5 Å². The summed E-state index contributed by atoms with van der Waals surface area (Å²) in [5.41, 5.74) is 0.278. The van der Waals surface area contributed by atoms with Gasteiger partial charge < -0.3 is 9.80 Å². The summed E-state index contributed by atoms with van der Waals surface area (Å²) in [5, 5.41) is 12.0. The van der Waals surface area contributed by atoms with Gasteiger partial charge in [-0.25, -0.2) is 23.8 Å². The predicted molar refractivity (Wildman–Crippen MR) is 137 cm³/mol. The number of nitrogens with one attached hydrogen (secondary N) is 1. The van der Waals surface area contributed by atoms with Crippen molar-refractivity contribution in [3.63, 3.8) is 0 Å². The van der Waals surface area contributed by atoms with Gasteiger partial charge in [0, 0.05) is 44.5 Å². The molecule has 3 aromatic rings. The van der Waals surface area contributed by atoms with Gasteiger partial charge in [0.2, 0.25) is 15.9 Å². The number of halogens is 2. The van der Waals surface area contributed by atoms with E-state index in [2.05, 4.69) is 24.9 Å². The number of rotatable bonds is 7. The van der Waals surface area contributed by atoms with Gasteiger partial charge in [-0.2, -0.15) is 5.10 Å². The van der Waals surface area contributed by atoms with E-state index in [0.717, 1.165) is 0 Å². The molecule has 11 nitrogen and oxygen atoms in total. The fourth-order valence-electron chi connectivity index (χ4n) is 4.54. The van der Waals surface area contributed by atoms with Crippen molar-refractivity contribution < 1.29 is 22.0 Å². The lowest BCUT2D eigenvalue weighted by Crippen LogP contribution is -2.50. The van der Waals surface area contributed by atoms with Crippen LogP contribution in [0.3, 0.4) is 0 Å². The van der Waals surface area contributed by atoms with Crippen LogP contribution in [-0.2, 0) is 21.9 Å². The second-order valence-electron chi connectivity index (χ2n) is 9.77. The van der Waals surface area contributed by atoms with Crippen molar-refractivity contribution in [3.05, 3.63) is 28.6 Å². The van der Waals surface area contributed by atoms with Crippen LogP contribution in [0.25, 0.3) is 26.4 Å². The van der Waals surface area contributed by atoms with Gasteiger partial charge in [-0.15, -0.1) is 14.9 Å². The Morgan fingerprint density at radius 3 is 2.42 bits per heavy atom. The molecule has 15 heteroatoms. The van der Waals surface area contributed by atoms with Crippen LogP contribution in [0.1, 0.15) is 38.1 Å². The minimum atomic E-state index is -4.10. The average molecular weight is 565 g/mol. The molecule has 1 N–H and O–H groups in total. The maximum atomic E-state index is 13.4. The molecule has 0 unspecified atom stereocenters. The van der Waals surface area contributed by atoms with E-state index < -0.39 is 27.1 Å². The third kappa shape index (κ3) is 4.72. The average Bonchev–Trinajstić information content (AvgIpc) is 3.31. The molecule has 1 aliphatic carbocycles. The number of aryl methyl sites for hydroxylation is 1. The van der Waals surface area contributed by atoms with Crippen LogP contribution in [-0.4, -0.2) is 71.0 Å². The van der Waals surface area contributed by atoms with Crippen molar-refractivity contribution in [3.8, 4) is 10.7 Å². The van der Waals surface area contributed by atoms with Crippen LogP contribution in [0.15, 0.2) is 17.0 Å². The molecule has 2 aromatic heterocycles. The van der Waals surface area contributed by atoms with Gasteiger partial charge in [0.25, 0.3) is 12.1 Å². The van der Waals surface area contributed by atoms with E-state index in [1.54, 1.807) is 22.7 Å². The highest BCUT2D eigenvalue weighted by atomic mass is 32.2. The molecular weight excluding hydrogens is 538 g/mol. The van der Waals surface area contributed by atoms with Gasteiger partial charge in [-0.1, -0.05) is 25.2 Å². The standard InChI is InChI=1S/C23H26F2N8O3S2/c1-13(2)22(34)33-9-7-32(8-10-33)16-12-14(38(35,36)30-23(26-3)5-6-23)11-15-17(29-31(4)18(15)16)20-27-28-21(37-20)19(24)25/h11-13,19,30H,5-10H2,1-2,4H3. The zero-order valence-corrected chi connectivity index (χ0v) is 22.6. The van der Waals surface area contributed by atoms with Gasteiger partial charge in [0.15, 0.2) is 10.0 Å². The van der Waals surface area contributed by atoms with Gasteiger partial charge in [0.05, 0.1) is 28.9 Å². The number of nitrogens with zero attached hydrogens (tertiary/aromatic N) is 7. The maximum absolute atomic E-state index is 13.4. The second-order valence-corrected chi connectivity index (χ2v) is 12.5. The highest BCUT2D eigenvalue weighted by molar-refractivity contribution is 7.89. The fourth-order valence-corrected chi connectivity index (χ4v) is 6.64. The number of carbonyl (C=O) groups is 1. The van der Waals surface area contributed by atoms with Gasteiger partial charge in [-0.3, -0.25) is 14.3 Å². The molecule has 0 radical (unpaired) electrons. The smallest absolute Gasteiger partial charge is 0.299 e. The first-order valence-corrected chi connectivity index (χ1v) is 14.3. The maximum Gasteiger partial charge on any atom is 0.299 e. The minimum absolute atomic E-state index is 0.0538. The van der Waals surface area contributed by atoms with Crippen molar-refractivity contribution in [1.82, 2.24) is 29.6 Å². The molecule has 3 heterocycles. The van der Waals surface area contributed by atoms with E-state index >= 15 is 0 Å². The number of hydrogen-bond donors (Lipinski definition) is 1. The molecule has 1 saturated heterocycles. The summed E-state index contributed by atoms with van der Waals surface area (Å²) in [6, 6.07) is 2.98. The number of fused-ring (bicyclic) bond motifs is 1. The molecule has 0 bridgehead atoms. The predicted octanol–water partition coefficient (Wildman–Crippen LogP) is 3.02. The van der Waals surface area contributed by atoms with Crippen molar-refractivity contribution >= 4 is 43.9 Å². The monoisotopic (exact) mass is 564 g/mol. The number of amides is 1. The normalized spacial score (nSPS) is 17.4. The van der Waals surface area contributed by atoms with E-state index in [9.17, 15) is 22.0 Å². The van der Waals surface area contributed by atoms with Gasteiger partial charge in [-0.05, 0) is 12.1 Å². The number of sulfonamides is 1. The lowest BCUT2D eigenvalue weighted by molar-refractivity contribution is -0.134. The summed E-state index contributed by atoms with van der Waals surface area (Å²) in [5.74, 6) is -0.0761. The molecule has 2 aliphatic rings. The molecule has 2 fully saturated rings. The summed E-state index contributed by atoms with van der Waals surface area (Å²) >= 11 is 0.696. The van der Waals surface area contributed by atoms with E-state index in [0.29, 0.717) is 66.9 Å². The lowest BCUT2D eigenvalue weighted by atomic mass is 10.1. The molecular formula is C23H26F2N8O3S2. The summed E-state index contributed by atoms with van der Waals surface area (Å²) in [6.45, 7) is 12.9. The number of carbonyl (C=O) groups excluding carboxylic acids is 1. The first kappa shape index (κ1) is 26.4. The third-order valence-electron chi connectivity index (χ3n) is 6.72. The molecule has 5 rings (SSSR count). The molecule has 38 heavy (non-hydrogen) atoms. The van der Waals surface area contributed by atoms with E-state index in [4.69, 9.17) is 6.57 Å². The van der Waals surface area contributed by atoms with E-state index in [-0.39, 0.29) is 27.4 Å². The number of alkyl halides is 2. The Labute approximate surface area is 222 Å². The van der Waals surface area contributed by atoms with Crippen LogP contribution in [0.2, 0.25) is 0 Å². The Bertz CT molecular complexity index is 1550. The summed E-state index contributed by atoms with van der Waals surface area (Å²) in [4.78, 5) is 19.6. The molecule has 1 saturated carbocycles. The number of hydrogen-bond acceptors (Lipinski definition) is 8. The summed E-state index contributed by atoms with van der Waals surface area (Å²) in [6.07, 6.45) is -1.94. The SMILES string of the molecule is [C-]#[N+]C1(NS(=O)(=O)c2cc(N3CCN(C(=O)C(C)C)CC3)c3c(c2)c(-c2nnc(C(F)F)s2)nn3C)CC1. The molecule has 202 valence electrons. The van der Waals surface area contributed by atoms with Crippen LogP contribution in [0, 0.1) is 12.5 Å². The van der Waals surface area contributed by atoms with E-state index in [1.165, 1.54) is 6.07 Å². The third-order valence-corrected chi connectivity index (χ3v) is 9.16. The number of benzene rings is 1. The van der Waals surface area contributed by atoms with Gasteiger partial charge in [0.1, 0.15) is 5.69 Å². The van der Waals surface area contributed by atoms with E-state index in [1.807, 2.05) is 18.7 Å². The molecule has 0 atom stereocenters. The van der Waals surface area contributed by atoms with Crippen molar-refractivity contribution in [2.75, 3.05) is 31.1 Å². The largest absolute Gasteiger partial charge is 0.366 e. The Kier molecular flexibility index (Phi) is 6.60. The lowest BCUT2D eigenvalue weighted by Gasteiger charge is -2.37. The number of piperazine rings is 1. The first-order chi connectivity index (χ1) is 17.9. The first-order valence-electron chi connectivity index (χ1n) is 12.0. The van der Waals surface area contributed by atoms with Crippen LogP contribution in [0.5, 0.6) is 0 Å². The number of anilines is 1. The molecule has 1 amide bonds. The van der Waals surface area contributed by atoms with Crippen molar-refractivity contribution in [2.45, 2.75) is 43.7 Å². The highest BCUT2D eigenvalue weighted by Gasteiger charge is 2.54. The Morgan fingerprint density at radius 1 is 1.18 bits per heavy atom. The molecule has 0 spiro atoms. The Morgan fingerprint density at radius 2 is 1.87 bits per heavy atom. The zero-order chi connectivity index (χ0) is 27.4. The Balaban J connectivity index is 1.62. The van der Waals surface area contributed by atoms with Crippen LogP contribution < -0.4 is 9.62 Å². The quantitative estimate of drug-likeness (QED) is 0.439. The minimum Gasteiger partial charge on any atom is -0.366 e. The molecule has 1 aromatic carbocycles. The highest BCUT2D eigenvalue weighted by Crippen LogP contribution is 2.41. The van der Waals surface area contributed by atoms with Gasteiger partial charge >= 0.3 is 0 Å². The van der Waals surface area contributed by atoms with Crippen molar-refractivity contribution in [2.24, 2.45) is 13.0 Å².